The number of aromatic nitrogens is 1. The van der Waals surface area contributed by atoms with Crippen molar-refractivity contribution in [2.75, 3.05) is 11.1 Å². The number of thioether (sulfide) groups is 1. The van der Waals surface area contributed by atoms with E-state index in [1.165, 1.54) is 11.8 Å². The molecule has 27 heavy (non-hydrogen) atoms. The summed E-state index contributed by atoms with van der Waals surface area (Å²) in [6, 6.07) is 23.0. The first-order valence-electron chi connectivity index (χ1n) is 8.32. The van der Waals surface area contributed by atoms with Crippen molar-refractivity contribution in [3.8, 4) is 11.5 Å². The van der Waals surface area contributed by atoms with Crippen molar-refractivity contribution in [3.05, 3.63) is 77.3 Å². The molecule has 4 aromatic rings. The molecule has 0 aliphatic rings. The predicted molar refractivity (Wildman–Crippen MR) is 113 cm³/mol. The van der Waals surface area contributed by atoms with E-state index in [-0.39, 0.29) is 5.91 Å². The Bertz CT molecular complexity index is 1040. The summed E-state index contributed by atoms with van der Waals surface area (Å²) in [5, 5.41) is 2.91. The lowest BCUT2D eigenvalue weighted by Gasteiger charge is -2.06. The Balaban J connectivity index is 1.38. The number of fused-ring (bicyclic) bond motifs is 1. The van der Waals surface area contributed by atoms with Gasteiger partial charge in [-0.25, -0.2) is 4.98 Å². The number of oxazole rings is 1. The molecule has 0 saturated carbocycles. The van der Waals surface area contributed by atoms with Gasteiger partial charge in [-0.15, -0.1) is 11.8 Å². The molecule has 6 heteroatoms. The molecule has 134 valence electrons. The fourth-order valence-electron chi connectivity index (χ4n) is 2.57. The Morgan fingerprint density at radius 1 is 1.00 bits per heavy atom. The summed E-state index contributed by atoms with van der Waals surface area (Å²) < 4.78 is 6.79. The Labute approximate surface area is 169 Å². The van der Waals surface area contributed by atoms with Crippen molar-refractivity contribution in [2.24, 2.45) is 0 Å². The number of nitrogens with zero attached hydrogens (tertiary/aromatic N) is 1. The van der Waals surface area contributed by atoms with Crippen LogP contribution in [-0.2, 0) is 4.79 Å². The lowest BCUT2D eigenvalue weighted by Crippen LogP contribution is -2.13. The highest BCUT2D eigenvalue weighted by Crippen LogP contribution is 2.25. The van der Waals surface area contributed by atoms with Crippen LogP contribution < -0.4 is 5.32 Å². The third-order valence-electron chi connectivity index (χ3n) is 3.89. The lowest BCUT2D eigenvalue weighted by molar-refractivity contribution is -0.113. The zero-order valence-corrected chi connectivity index (χ0v) is 16.6. The number of hydrogen-bond donors (Lipinski definition) is 1. The lowest BCUT2D eigenvalue weighted by atomic mass is 10.2. The minimum absolute atomic E-state index is 0.0440. The van der Waals surface area contributed by atoms with E-state index in [0.29, 0.717) is 11.6 Å². The predicted octanol–water partition coefficient (Wildman–Crippen LogP) is 5.99. The topological polar surface area (TPSA) is 55.1 Å². The number of hydrogen-bond acceptors (Lipinski definition) is 4. The van der Waals surface area contributed by atoms with Crippen molar-refractivity contribution in [2.45, 2.75) is 4.90 Å². The fraction of sp³-hybridized carbons (Fsp3) is 0.0476. The highest BCUT2D eigenvalue weighted by Gasteiger charge is 2.09. The maximum Gasteiger partial charge on any atom is 0.234 e. The molecule has 4 rings (SSSR count). The van der Waals surface area contributed by atoms with Crippen molar-refractivity contribution < 1.29 is 9.21 Å². The van der Waals surface area contributed by atoms with Crippen molar-refractivity contribution >= 4 is 50.4 Å². The summed E-state index contributed by atoms with van der Waals surface area (Å²) in [7, 11) is 0. The highest BCUT2D eigenvalue weighted by atomic mass is 79.9. The molecule has 4 nitrogen and oxygen atoms in total. The second-order valence-electron chi connectivity index (χ2n) is 5.85. The van der Waals surface area contributed by atoms with Crippen LogP contribution in [0.5, 0.6) is 0 Å². The van der Waals surface area contributed by atoms with Gasteiger partial charge in [0.15, 0.2) is 5.58 Å². The molecule has 0 saturated heterocycles. The molecule has 0 aliphatic heterocycles. The SMILES string of the molecule is O=C(CSc1ccc(Br)cc1)Nc1ccc(-c2nc3ccccc3o2)cc1. The Kier molecular flexibility index (Phi) is 5.27. The Hall–Kier alpha value is -2.57. The van der Waals surface area contributed by atoms with Gasteiger partial charge in [0.1, 0.15) is 5.52 Å². The smallest absolute Gasteiger partial charge is 0.234 e. The first kappa shape index (κ1) is 17.8. The van der Waals surface area contributed by atoms with Gasteiger partial charge in [0.25, 0.3) is 0 Å². The average Bonchev–Trinajstić information content (AvgIpc) is 3.12. The molecule has 3 aromatic carbocycles. The number of para-hydroxylation sites is 2. The van der Waals surface area contributed by atoms with Gasteiger partial charge >= 0.3 is 0 Å². The summed E-state index contributed by atoms with van der Waals surface area (Å²) in [5.74, 6) is 0.881. The third-order valence-corrected chi connectivity index (χ3v) is 5.43. The molecule has 0 unspecified atom stereocenters. The minimum Gasteiger partial charge on any atom is -0.436 e. The number of carbonyl (C=O) groups excluding carboxylic acids is 1. The van der Waals surface area contributed by atoms with Gasteiger partial charge in [-0.05, 0) is 60.7 Å². The van der Waals surface area contributed by atoms with E-state index in [0.717, 1.165) is 31.7 Å². The molecular weight excluding hydrogens is 424 g/mol. The monoisotopic (exact) mass is 438 g/mol. The second-order valence-corrected chi connectivity index (χ2v) is 7.82. The van der Waals surface area contributed by atoms with E-state index in [9.17, 15) is 4.79 Å². The van der Waals surface area contributed by atoms with Crippen LogP contribution in [0.15, 0.2) is 86.6 Å². The zero-order valence-electron chi connectivity index (χ0n) is 14.2. The number of nitrogens with one attached hydrogen (secondary N) is 1. The normalized spacial score (nSPS) is 10.9. The number of carbonyl (C=O) groups is 1. The molecule has 1 heterocycles. The summed E-state index contributed by atoms with van der Waals surface area (Å²) in [4.78, 5) is 17.7. The fourth-order valence-corrected chi connectivity index (χ4v) is 3.53. The molecule has 1 amide bonds. The van der Waals surface area contributed by atoms with Crippen LogP contribution in [-0.4, -0.2) is 16.6 Å². The van der Waals surface area contributed by atoms with E-state index < -0.39 is 0 Å². The zero-order chi connectivity index (χ0) is 18.6. The standard InChI is InChI=1S/C21H15BrN2O2S/c22-15-7-11-17(12-8-15)27-13-20(25)23-16-9-5-14(6-10-16)21-24-18-3-1-2-4-19(18)26-21/h1-12H,13H2,(H,23,25). The van der Waals surface area contributed by atoms with Crippen LogP contribution in [0.2, 0.25) is 0 Å². The highest BCUT2D eigenvalue weighted by molar-refractivity contribution is 9.10. The van der Waals surface area contributed by atoms with Crippen molar-refractivity contribution in [1.29, 1.82) is 0 Å². The molecule has 0 atom stereocenters. The van der Waals surface area contributed by atoms with Gasteiger partial charge in [-0.2, -0.15) is 0 Å². The first-order valence-corrected chi connectivity index (χ1v) is 10.1. The quantitative estimate of drug-likeness (QED) is 0.388. The number of anilines is 1. The van der Waals surface area contributed by atoms with Crippen LogP contribution in [0, 0.1) is 0 Å². The Morgan fingerprint density at radius 3 is 2.48 bits per heavy atom. The molecule has 1 aromatic heterocycles. The van der Waals surface area contributed by atoms with E-state index in [2.05, 4.69) is 26.2 Å². The minimum atomic E-state index is -0.0440. The van der Waals surface area contributed by atoms with Crippen LogP contribution >= 0.6 is 27.7 Å². The molecule has 1 N–H and O–H groups in total. The molecule has 0 bridgehead atoms. The maximum absolute atomic E-state index is 12.2. The number of benzene rings is 3. The number of rotatable bonds is 5. The van der Waals surface area contributed by atoms with Gasteiger partial charge < -0.3 is 9.73 Å². The van der Waals surface area contributed by atoms with Gasteiger partial charge in [0.05, 0.1) is 5.75 Å². The number of amides is 1. The van der Waals surface area contributed by atoms with E-state index >= 15 is 0 Å². The van der Waals surface area contributed by atoms with Crippen LogP contribution in [0.3, 0.4) is 0 Å². The molecule has 0 fully saturated rings. The molecular formula is C21H15BrN2O2S. The summed E-state index contributed by atoms with van der Waals surface area (Å²) >= 11 is 4.90. The third kappa shape index (κ3) is 4.40. The van der Waals surface area contributed by atoms with Gasteiger partial charge in [-0.3, -0.25) is 4.79 Å². The van der Waals surface area contributed by atoms with E-state index in [4.69, 9.17) is 4.42 Å². The average molecular weight is 439 g/mol. The number of halogens is 1. The van der Waals surface area contributed by atoms with E-state index in [1.54, 1.807) is 0 Å². The molecule has 0 spiro atoms. The van der Waals surface area contributed by atoms with Gasteiger partial charge in [-0.1, -0.05) is 28.1 Å². The summed E-state index contributed by atoms with van der Waals surface area (Å²) in [5.41, 5.74) is 3.20. The largest absolute Gasteiger partial charge is 0.436 e. The Morgan fingerprint density at radius 2 is 1.74 bits per heavy atom. The second kappa shape index (κ2) is 7.98. The van der Waals surface area contributed by atoms with Crippen LogP contribution in [0.25, 0.3) is 22.6 Å². The van der Waals surface area contributed by atoms with Crippen LogP contribution in [0.1, 0.15) is 0 Å². The van der Waals surface area contributed by atoms with Crippen molar-refractivity contribution in [3.63, 3.8) is 0 Å². The summed E-state index contributed by atoms with van der Waals surface area (Å²) in [6.45, 7) is 0. The summed E-state index contributed by atoms with van der Waals surface area (Å²) in [6.07, 6.45) is 0. The van der Waals surface area contributed by atoms with Crippen molar-refractivity contribution in [1.82, 2.24) is 4.98 Å². The van der Waals surface area contributed by atoms with Gasteiger partial charge in [0.2, 0.25) is 11.8 Å². The van der Waals surface area contributed by atoms with E-state index in [1.807, 2.05) is 72.8 Å². The maximum atomic E-state index is 12.2. The van der Waals surface area contributed by atoms with Gasteiger partial charge in [0, 0.05) is 20.6 Å². The molecule has 0 radical (unpaired) electrons. The first-order chi connectivity index (χ1) is 13.2. The van der Waals surface area contributed by atoms with Crippen LogP contribution in [0.4, 0.5) is 5.69 Å². The molecule has 0 aliphatic carbocycles.